The van der Waals surface area contributed by atoms with Gasteiger partial charge in [-0.3, -0.25) is 19.7 Å². The van der Waals surface area contributed by atoms with Gasteiger partial charge in [-0.15, -0.1) is 0 Å². The highest BCUT2D eigenvalue weighted by Crippen LogP contribution is 2.60. The molecule has 0 radical (unpaired) electrons. The Balaban J connectivity index is 1.19. The van der Waals surface area contributed by atoms with Crippen LogP contribution in [0.4, 0.5) is 11.4 Å². The van der Waals surface area contributed by atoms with Crippen LogP contribution in [0, 0.1) is 40.2 Å². The van der Waals surface area contributed by atoms with Crippen molar-refractivity contribution in [1.82, 2.24) is 4.90 Å². The molecule has 1 unspecified atom stereocenters. The van der Waals surface area contributed by atoms with Crippen molar-refractivity contribution in [3.63, 3.8) is 0 Å². The second-order valence-electron chi connectivity index (χ2n) is 10.8. The van der Waals surface area contributed by atoms with Crippen LogP contribution >= 0.6 is 0 Å². The fourth-order valence-corrected chi connectivity index (χ4v) is 7.25. The van der Waals surface area contributed by atoms with Crippen LogP contribution in [0.3, 0.4) is 0 Å². The van der Waals surface area contributed by atoms with E-state index < -0.39 is 29.4 Å². The van der Waals surface area contributed by atoms with Crippen LogP contribution in [-0.4, -0.2) is 46.8 Å². The number of amides is 2. The topological polar surface area (TPSA) is 119 Å². The summed E-state index contributed by atoms with van der Waals surface area (Å²) < 4.78 is 5.28. The number of ether oxygens (including phenoxy) is 1. The molecule has 1 aromatic carbocycles. The minimum atomic E-state index is -0.645. The van der Waals surface area contributed by atoms with Gasteiger partial charge in [-0.05, 0) is 82.1 Å². The van der Waals surface area contributed by atoms with Crippen LogP contribution in [0.2, 0.25) is 0 Å². The summed E-state index contributed by atoms with van der Waals surface area (Å²) in [6, 6.07) is 3.74. The largest absolute Gasteiger partial charge is 0.454 e. The first kappa shape index (κ1) is 22.8. The Morgan fingerprint density at radius 3 is 2.41 bits per heavy atom. The first-order valence-electron chi connectivity index (χ1n) is 12.3. The summed E-state index contributed by atoms with van der Waals surface area (Å²) in [5.74, 6) is 0.907. The molecule has 0 spiro atoms. The van der Waals surface area contributed by atoms with Gasteiger partial charge in [-0.25, -0.2) is 4.79 Å². The number of carbonyl (C=O) groups is 3. The average Bonchev–Trinajstić information content (AvgIpc) is 3.27. The molecule has 5 aliphatic rings. The standard InChI is InChI=1S/C25H31N3O6/c1-15-4-5-19(10-21(15)28(32)33)26-22(29)14-34-23(30)20-3-2-6-27(20)24(31)25-11-16-7-17(12-25)9-18(8-16)13-25/h4-5,10,16-18,20H,2-3,6-9,11-14H2,1H3,(H,26,29). The van der Waals surface area contributed by atoms with E-state index in [1.807, 2.05) is 0 Å². The SMILES string of the molecule is Cc1ccc(NC(=O)COC(=O)C2CCCN2C(=O)C23CC4CC(CC(C4)C2)C3)cc1[N+](=O)[O-]. The van der Waals surface area contributed by atoms with Crippen molar-refractivity contribution in [3.05, 3.63) is 33.9 Å². The normalized spacial score (nSPS) is 31.4. The Bertz CT molecular complexity index is 1000. The molecule has 1 aliphatic heterocycles. The van der Waals surface area contributed by atoms with Gasteiger partial charge in [0.05, 0.1) is 10.3 Å². The maximum absolute atomic E-state index is 13.7. The molecule has 2 amide bonds. The number of benzene rings is 1. The lowest BCUT2D eigenvalue weighted by Crippen LogP contribution is -2.56. The van der Waals surface area contributed by atoms with Gasteiger partial charge in [0, 0.05) is 23.9 Å². The number of esters is 1. The number of anilines is 1. The number of nitrogens with zero attached hydrogens (tertiary/aromatic N) is 2. The van der Waals surface area contributed by atoms with Crippen molar-refractivity contribution >= 4 is 29.2 Å². The molecule has 6 rings (SSSR count). The van der Waals surface area contributed by atoms with E-state index in [-0.39, 0.29) is 22.7 Å². The highest BCUT2D eigenvalue weighted by molar-refractivity contribution is 5.94. The van der Waals surface area contributed by atoms with Crippen molar-refractivity contribution in [2.75, 3.05) is 18.5 Å². The minimum absolute atomic E-state index is 0.0976. The summed E-state index contributed by atoms with van der Waals surface area (Å²) in [5, 5.41) is 13.6. The lowest BCUT2D eigenvalue weighted by Gasteiger charge is -2.56. The number of likely N-dealkylation sites (tertiary alicyclic amines) is 1. The van der Waals surface area contributed by atoms with E-state index in [1.54, 1.807) is 24.0 Å². The number of hydrogen-bond acceptors (Lipinski definition) is 6. The number of carbonyl (C=O) groups excluding carboxylic acids is 3. The second-order valence-corrected chi connectivity index (χ2v) is 10.8. The molecule has 4 bridgehead atoms. The molecule has 4 aliphatic carbocycles. The van der Waals surface area contributed by atoms with Crippen LogP contribution < -0.4 is 5.32 Å². The molecule has 0 aromatic heterocycles. The van der Waals surface area contributed by atoms with E-state index in [9.17, 15) is 24.5 Å². The zero-order valence-corrected chi connectivity index (χ0v) is 19.5. The molecule has 182 valence electrons. The number of nitro groups is 1. The first-order chi connectivity index (χ1) is 16.2. The molecule has 1 saturated heterocycles. The lowest BCUT2D eigenvalue weighted by atomic mass is 9.49. The van der Waals surface area contributed by atoms with Crippen molar-refractivity contribution in [2.45, 2.75) is 64.3 Å². The number of hydrogen-bond donors (Lipinski definition) is 1. The van der Waals surface area contributed by atoms with Gasteiger partial charge in [0.1, 0.15) is 6.04 Å². The highest BCUT2D eigenvalue weighted by Gasteiger charge is 2.57. The minimum Gasteiger partial charge on any atom is -0.454 e. The number of aryl methyl sites for hydroxylation is 1. The monoisotopic (exact) mass is 469 g/mol. The highest BCUT2D eigenvalue weighted by atomic mass is 16.6. The second kappa shape index (κ2) is 8.67. The van der Waals surface area contributed by atoms with Crippen molar-refractivity contribution in [3.8, 4) is 0 Å². The molecule has 5 fully saturated rings. The van der Waals surface area contributed by atoms with Crippen LogP contribution in [-0.2, 0) is 19.1 Å². The number of nitrogens with one attached hydrogen (secondary N) is 1. The third-order valence-corrected chi connectivity index (χ3v) is 8.31. The zero-order chi connectivity index (χ0) is 24.0. The van der Waals surface area contributed by atoms with Gasteiger partial charge in [-0.1, -0.05) is 6.07 Å². The van der Waals surface area contributed by atoms with Gasteiger partial charge < -0.3 is 15.0 Å². The van der Waals surface area contributed by atoms with Gasteiger partial charge in [0.2, 0.25) is 5.91 Å². The molecule has 1 aromatic rings. The Morgan fingerprint density at radius 2 is 1.79 bits per heavy atom. The average molecular weight is 470 g/mol. The van der Waals surface area contributed by atoms with Crippen molar-refractivity contribution in [1.29, 1.82) is 0 Å². The zero-order valence-electron chi connectivity index (χ0n) is 19.5. The van der Waals surface area contributed by atoms with E-state index >= 15 is 0 Å². The Labute approximate surface area is 198 Å². The summed E-state index contributed by atoms with van der Waals surface area (Å²) in [4.78, 5) is 51.1. The summed E-state index contributed by atoms with van der Waals surface area (Å²) in [7, 11) is 0. The fourth-order valence-electron chi connectivity index (χ4n) is 7.25. The van der Waals surface area contributed by atoms with Crippen LogP contribution in [0.25, 0.3) is 0 Å². The Morgan fingerprint density at radius 1 is 1.15 bits per heavy atom. The van der Waals surface area contributed by atoms with Crippen LogP contribution in [0.1, 0.15) is 56.9 Å². The fraction of sp³-hybridized carbons (Fsp3) is 0.640. The third kappa shape index (κ3) is 4.16. The molecular weight excluding hydrogens is 438 g/mol. The Kier molecular flexibility index (Phi) is 5.81. The van der Waals surface area contributed by atoms with Gasteiger partial charge in [0.25, 0.3) is 11.6 Å². The summed E-state index contributed by atoms with van der Waals surface area (Å²) in [5.41, 5.74) is 0.340. The number of rotatable bonds is 6. The maximum Gasteiger partial charge on any atom is 0.329 e. The Hall–Kier alpha value is -2.97. The van der Waals surface area contributed by atoms with Crippen molar-refractivity contribution in [2.24, 2.45) is 23.2 Å². The van der Waals surface area contributed by atoms with E-state index in [4.69, 9.17) is 4.74 Å². The smallest absolute Gasteiger partial charge is 0.329 e. The summed E-state index contributed by atoms with van der Waals surface area (Å²) in [6.45, 7) is 1.67. The van der Waals surface area contributed by atoms with E-state index in [0.717, 1.165) is 25.7 Å². The quantitative estimate of drug-likeness (QED) is 0.386. The molecule has 4 saturated carbocycles. The van der Waals surface area contributed by atoms with Gasteiger partial charge >= 0.3 is 5.97 Å². The predicted molar refractivity (Wildman–Crippen MR) is 123 cm³/mol. The van der Waals surface area contributed by atoms with E-state index in [1.165, 1.54) is 25.3 Å². The predicted octanol–water partition coefficient (Wildman–Crippen LogP) is 3.59. The molecule has 34 heavy (non-hydrogen) atoms. The number of nitro benzene ring substituents is 1. The molecule has 9 heteroatoms. The molecule has 1 heterocycles. The van der Waals surface area contributed by atoms with Gasteiger partial charge in [0.15, 0.2) is 6.61 Å². The van der Waals surface area contributed by atoms with E-state index in [0.29, 0.717) is 36.3 Å². The third-order valence-electron chi connectivity index (χ3n) is 8.31. The van der Waals surface area contributed by atoms with Crippen LogP contribution in [0.5, 0.6) is 0 Å². The molecular formula is C25H31N3O6. The molecule has 1 atom stereocenters. The molecule has 9 nitrogen and oxygen atoms in total. The first-order valence-corrected chi connectivity index (χ1v) is 12.3. The summed E-state index contributed by atoms with van der Waals surface area (Å²) in [6.07, 6.45) is 7.87. The lowest BCUT2D eigenvalue weighted by molar-refractivity contribution is -0.385. The van der Waals surface area contributed by atoms with E-state index in [2.05, 4.69) is 5.32 Å². The summed E-state index contributed by atoms with van der Waals surface area (Å²) >= 11 is 0. The van der Waals surface area contributed by atoms with Gasteiger partial charge in [-0.2, -0.15) is 0 Å². The van der Waals surface area contributed by atoms with Crippen LogP contribution in [0.15, 0.2) is 18.2 Å². The maximum atomic E-state index is 13.7. The van der Waals surface area contributed by atoms with Crippen molar-refractivity contribution < 1.29 is 24.0 Å². The molecule has 1 N–H and O–H groups in total.